The average Bonchev–Trinajstić information content (AvgIpc) is 2.62. The minimum absolute atomic E-state index is 0.0935. The molecule has 3 unspecified atom stereocenters. The zero-order valence-corrected chi connectivity index (χ0v) is 15.7. The number of nitrogens with one attached hydrogen (secondary N) is 1. The van der Waals surface area contributed by atoms with Crippen molar-refractivity contribution < 1.29 is 19.1 Å². The van der Waals surface area contributed by atoms with E-state index in [1.54, 1.807) is 24.3 Å². The topological polar surface area (TPSA) is 90.7 Å². The maximum Gasteiger partial charge on any atom is 0.255 e. The van der Waals surface area contributed by atoms with Gasteiger partial charge < -0.3 is 20.5 Å². The van der Waals surface area contributed by atoms with E-state index in [9.17, 15) is 9.59 Å². The average molecular weight is 360 g/mol. The predicted molar refractivity (Wildman–Crippen MR) is 101 cm³/mol. The van der Waals surface area contributed by atoms with E-state index in [0.29, 0.717) is 23.3 Å². The summed E-state index contributed by atoms with van der Waals surface area (Å²) in [6, 6.07) is 5.44. The Bertz CT molecular complexity index is 672. The van der Waals surface area contributed by atoms with E-state index in [0.717, 1.165) is 18.4 Å². The maximum atomic E-state index is 12.2. The van der Waals surface area contributed by atoms with Gasteiger partial charge in [0.25, 0.3) is 5.91 Å². The fourth-order valence-electron chi connectivity index (χ4n) is 3.24. The van der Waals surface area contributed by atoms with E-state index in [1.165, 1.54) is 19.6 Å². The molecule has 0 aromatic heterocycles. The Morgan fingerprint density at radius 2 is 2.04 bits per heavy atom. The van der Waals surface area contributed by atoms with Crippen molar-refractivity contribution in [2.24, 2.45) is 17.6 Å². The lowest BCUT2D eigenvalue weighted by Gasteiger charge is -2.34. The molecule has 0 heterocycles. The molecule has 1 saturated carbocycles. The lowest BCUT2D eigenvalue weighted by atomic mass is 9.78. The fourth-order valence-corrected chi connectivity index (χ4v) is 3.24. The van der Waals surface area contributed by atoms with Crippen LogP contribution in [-0.2, 0) is 9.59 Å². The number of carbonyl (C=O) groups is 2. The van der Waals surface area contributed by atoms with Gasteiger partial charge in [-0.05, 0) is 42.0 Å². The van der Waals surface area contributed by atoms with Crippen molar-refractivity contribution in [1.29, 1.82) is 0 Å². The highest BCUT2D eigenvalue weighted by Gasteiger charge is 2.27. The highest BCUT2D eigenvalue weighted by Crippen LogP contribution is 2.30. The molecule has 6 heteroatoms. The number of rotatable bonds is 7. The summed E-state index contributed by atoms with van der Waals surface area (Å²) in [5.41, 5.74) is 5.88. The maximum absolute atomic E-state index is 12.2. The first-order chi connectivity index (χ1) is 12.4. The van der Waals surface area contributed by atoms with Gasteiger partial charge in [0, 0.05) is 12.1 Å². The van der Waals surface area contributed by atoms with Gasteiger partial charge in [-0.15, -0.1) is 0 Å². The molecular formula is C20H28N2O4. The molecule has 1 aromatic carbocycles. The Kier molecular flexibility index (Phi) is 7.06. The summed E-state index contributed by atoms with van der Waals surface area (Å²) in [6.07, 6.45) is 6.68. The van der Waals surface area contributed by atoms with Crippen molar-refractivity contribution in [3.8, 4) is 11.5 Å². The van der Waals surface area contributed by atoms with Gasteiger partial charge in [0.15, 0.2) is 18.1 Å². The quantitative estimate of drug-likeness (QED) is 0.731. The van der Waals surface area contributed by atoms with E-state index < -0.39 is 5.91 Å². The number of benzene rings is 1. The monoisotopic (exact) mass is 360 g/mol. The number of primary amides is 1. The Morgan fingerprint density at radius 3 is 2.73 bits per heavy atom. The second-order valence-corrected chi connectivity index (χ2v) is 6.88. The molecule has 3 atom stereocenters. The number of hydrogen-bond donors (Lipinski definition) is 2. The van der Waals surface area contributed by atoms with Crippen molar-refractivity contribution in [1.82, 2.24) is 5.32 Å². The van der Waals surface area contributed by atoms with Crippen molar-refractivity contribution in [2.75, 3.05) is 13.7 Å². The van der Waals surface area contributed by atoms with Crippen LogP contribution in [0.4, 0.5) is 0 Å². The number of methoxy groups -OCH3 is 1. The lowest BCUT2D eigenvalue weighted by Crippen LogP contribution is -2.43. The molecule has 2 rings (SSSR count). The third kappa shape index (κ3) is 5.51. The molecule has 0 radical (unpaired) electrons. The molecule has 26 heavy (non-hydrogen) atoms. The lowest BCUT2D eigenvalue weighted by molar-refractivity contribution is -0.120. The Labute approximate surface area is 154 Å². The van der Waals surface area contributed by atoms with Crippen LogP contribution in [0.1, 0.15) is 38.7 Å². The summed E-state index contributed by atoms with van der Waals surface area (Å²) in [4.78, 5) is 23.1. The van der Waals surface area contributed by atoms with Crippen LogP contribution in [0.3, 0.4) is 0 Å². The Balaban J connectivity index is 1.98. The van der Waals surface area contributed by atoms with E-state index in [2.05, 4.69) is 19.2 Å². The third-order valence-corrected chi connectivity index (χ3v) is 5.02. The highest BCUT2D eigenvalue weighted by atomic mass is 16.5. The summed E-state index contributed by atoms with van der Waals surface area (Å²) in [7, 11) is 1.51. The minimum atomic E-state index is -0.557. The molecular weight excluding hydrogens is 332 g/mol. The molecule has 0 spiro atoms. The molecule has 0 bridgehead atoms. The van der Waals surface area contributed by atoms with Crippen LogP contribution in [0.15, 0.2) is 24.3 Å². The molecule has 1 aliphatic rings. The molecule has 1 fully saturated rings. The van der Waals surface area contributed by atoms with Gasteiger partial charge in [-0.2, -0.15) is 0 Å². The minimum Gasteiger partial charge on any atom is -0.493 e. The second kappa shape index (κ2) is 9.27. The van der Waals surface area contributed by atoms with Crippen LogP contribution >= 0.6 is 0 Å². The van der Waals surface area contributed by atoms with Gasteiger partial charge >= 0.3 is 0 Å². The highest BCUT2D eigenvalue weighted by molar-refractivity contribution is 5.92. The third-order valence-electron chi connectivity index (χ3n) is 5.02. The molecule has 1 aromatic rings. The zero-order valence-electron chi connectivity index (χ0n) is 15.7. The summed E-state index contributed by atoms with van der Waals surface area (Å²) in [5, 5.41) is 3.11. The van der Waals surface area contributed by atoms with Gasteiger partial charge in [0.05, 0.1) is 7.11 Å². The van der Waals surface area contributed by atoms with Crippen molar-refractivity contribution in [3.63, 3.8) is 0 Å². The zero-order chi connectivity index (χ0) is 19.1. The van der Waals surface area contributed by atoms with Crippen LogP contribution in [0.5, 0.6) is 11.5 Å². The molecule has 142 valence electrons. The molecule has 1 aliphatic carbocycles. The molecule has 3 N–H and O–H groups in total. The number of amides is 2. The number of ether oxygens (including phenoxy) is 2. The van der Waals surface area contributed by atoms with E-state index in [-0.39, 0.29) is 18.6 Å². The van der Waals surface area contributed by atoms with Crippen LogP contribution in [0.25, 0.3) is 6.08 Å². The second-order valence-electron chi connectivity index (χ2n) is 6.88. The predicted octanol–water partition coefficient (Wildman–Crippen LogP) is 2.51. The van der Waals surface area contributed by atoms with Crippen molar-refractivity contribution in [3.05, 3.63) is 29.8 Å². The normalized spacial score (nSPS) is 22.8. The summed E-state index contributed by atoms with van der Waals surface area (Å²) in [5.74, 6) is 1.38. The van der Waals surface area contributed by atoms with Crippen molar-refractivity contribution >= 4 is 17.9 Å². The largest absolute Gasteiger partial charge is 0.493 e. The number of carbonyl (C=O) groups excluding carboxylic acids is 2. The van der Waals surface area contributed by atoms with E-state index >= 15 is 0 Å². The van der Waals surface area contributed by atoms with Crippen molar-refractivity contribution in [2.45, 2.75) is 39.2 Å². The molecule has 0 saturated heterocycles. The van der Waals surface area contributed by atoms with Crippen LogP contribution < -0.4 is 20.5 Å². The smallest absolute Gasteiger partial charge is 0.255 e. The van der Waals surface area contributed by atoms with Gasteiger partial charge in [-0.1, -0.05) is 32.8 Å². The Morgan fingerprint density at radius 1 is 1.27 bits per heavy atom. The van der Waals surface area contributed by atoms with Gasteiger partial charge in [0.1, 0.15) is 0 Å². The van der Waals surface area contributed by atoms with Gasteiger partial charge in [-0.3, -0.25) is 9.59 Å². The van der Waals surface area contributed by atoms with Gasteiger partial charge in [0.2, 0.25) is 5.91 Å². The molecule has 6 nitrogen and oxygen atoms in total. The summed E-state index contributed by atoms with van der Waals surface area (Å²) >= 11 is 0. The first kappa shape index (κ1) is 19.8. The van der Waals surface area contributed by atoms with Crippen LogP contribution in [0.2, 0.25) is 0 Å². The fraction of sp³-hybridized carbons (Fsp3) is 0.500. The summed E-state index contributed by atoms with van der Waals surface area (Å²) < 4.78 is 10.6. The SMILES string of the molecule is COc1cc(/C=C/C(=O)NC2CCCC(C)C2C)ccc1OCC(N)=O. The number of nitrogens with two attached hydrogens (primary N) is 1. The molecule has 0 aliphatic heterocycles. The Hall–Kier alpha value is -2.50. The van der Waals surface area contributed by atoms with Crippen LogP contribution in [0, 0.1) is 11.8 Å². The molecule has 2 amide bonds. The number of hydrogen-bond acceptors (Lipinski definition) is 4. The van der Waals surface area contributed by atoms with Gasteiger partial charge in [-0.25, -0.2) is 0 Å². The standard InChI is InChI=1S/C20H28N2O4/c1-13-5-4-6-16(14(13)2)22-20(24)10-8-15-7-9-17(18(11-15)25-3)26-12-19(21)23/h7-11,13-14,16H,4-6,12H2,1-3H3,(H2,21,23)(H,22,24)/b10-8+. The first-order valence-electron chi connectivity index (χ1n) is 8.98. The van der Waals surface area contributed by atoms with E-state index in [4.69, 9.17) is 15.2 Å². The summed E-state index contributed by atoms with van der Waals surface area (Å²) in [6.45, 7) is 4.23. The first-order valence-corrected chi connectivity index (χ1v) is 8.98. The van der Waals surface area contributed by atoms with E-state index in [1.807, 2.05) is 0 Å². The van der Waals surface area contributed by atoms with Crippen LogP contribution in [-0.4, -0.2) is 31.6 Å².